The topological polar surface area (TPSA) is 123 Å². The fourth-order valence-electron chi connectivity index (χ4n) is 3.37. The van der Waals surface area contributed by atoms with Crippen LogP contribution in [-0.2, 0) is 34.3 Å². The summed E-state index contributed by atoms with van der Waals surface area (Å²) >= 11 is 0. The lowest BCUT2D eigenvalue weighted by Crippen LogP contribution is -2.48. The van der Waals surface area contributed by atoms with Crippen molar-refractivity contribution in [1.29, 1.82) is 0 Å². The van der Waals surface area contributed by atoms with Gasteiger partial charge in [-0.2, -0.15) is 5.10 Å². The van der Waals surface area contributed by atoms with E-state index in [1.54, 1.807) is 14.2 Å². The van der Waals surface area contributed by atoms with E-state index < -0.39 is 10.0 Å². The SMILES string of the molecule is CN=C(NCCS(=O)(=O)NCC1CCC1)NC1CCc2nc(COC)nn2C1. The minimum absolute atomic E-state index is 0.0265. The Balaban J connectivity index is 1.41. The van der Waals surface area contributed by atoms with E-state index >= 15 is 0 Å². The van der Waals surface area contributed by atoms with Crippen LogP contribution in [0.1, 0.15) is 37.3 Å². The van der Waals surface area contributed by atoms with Crippen LogP contribution in [0.4, 0.5) is 0 Å². The fraction of sp³-hybridized carbons (Fsp3) is 0.824. The zero-order valence-electron chi connectivity index (χ0n) is 16.6. The average Bonchev–Trinajstić information content (AvgIpc) is 3.01. The third-order valence-corrected chi connectivity index (χ3v) is 6.57. The quantitative estimate of drug-likeness (QED) is 0.373. The van der Waals surface area contributed by atoms with Crippen molar-refractivity contribution < 1.29 is 13.2 Å². The summed E-state index contributed by atoms with van der Waals surface area (Å²) in [6, 6.07) is 0.157. The Morgan fingerprint density at radius 2 is 2.18 bits per heavy atom. The Kier molecular flexibility index (Phi) is 7.24. The third-order valence-electron chi connectivity index (χ3n) is 5.22. The number of nitrogens with zero attached hydrogens (tertiary/aromatic N) is 4. The summed E-state index contributed by atoms with van der Waals surface area (Å²) < 4.78 is 33.9. The second-order valence-electron chi connectivity index (χ2n) is 7.40. The molecule has 28 heavy (non-hydrogen) atoms. The predicted octanol–water partition coefficient (Wildman–Crippen LogP) is -0.376. The summed E-state index contributed by atoms with van der Waals surface area (Å²) in [5, 5.41) is 10.9. The summed E-state index contributed by atoms with van der Waals surface area (Å²) in [6.07, 6.45) is 5.19. The van der Waals surface area contributed by atoms with Crippen molar-refractivity contribution in [3.63, 3.8) is 0 Å². The molecule has 0 saturated heterocycles. The number of nitrogens with one attached hydrogen (secondary N) is 3. The number of rotatable bonds is 9. The molecule has 0 spiro atoms. The van der Waals surface area contributed by atoms with E-state index in [4.69, 9.17) is 4.74 Å². The number of sulfonamides is 1. The highest BCUT2D eigenvalue weighted by Crippen LogP contribution is 2.25. The molecule has 2 heterocycles. The number of guanidine groups is 1. The number of hydrogen-bond donors (Lipinski definition) is 3. The van der Waals surface area contributed by atoms with Crippen molar-refractivity contribution >= 4 is 16.0 Å². The Bertz CT molecular complexity index is 774. The number of methoxy groups -OCH3 is 1. The van der Waals surface area contributed by atoms with Crippen LogP contribution in [0.3, 0.4) is 0 Å². The molecule has 0 bridgehead atoms. The van der Waals surface area contributed by atoms with E-state index in [1.165, 1.54) is 6.42 Å². The van der Waals surface area contributed by atoms with Crippen LogP contribution in [-0.4, -0.2) is 68.2 Å². The smallest absolute Gasteiger partial charge is 0.213 e. The van der Waals surface area contributed by atoms with Crippen LogP contribution in [0.15, 0.2) is 4.99 Å². The third kappa shape index (κ3) is 5.89. The first-order valence-corrected chi connectivity index (χ1v) is 11.5. The van der Waals surface area contributed by atoms with Crippen molar-refractivity contribution in [3.8, 4) is 0 Å². The summed E-state index contributed by atoms with van der Waals surface area (Å²) in [5.41, 5.74) is 0. The van der Waals surface area contributed by atoms with E-state index in [1.807, 2.05) is 4.68 Å². The van der Waals surface area contributed by atoms with Crippen LogP contribution in [0.2, 0.25) is 0 Å². The van der Waals surface area contributed by atoms with E-state index in [9.17, 15) is 8.42 Å². The molecule has 0 amide bonds. The molecular weight excluding hydrogens is 382 g/mol. The lowest BCUT2D eigenvalue weighted by Gasteiger charge is -2.26. The van der Waals surface area contributed by atoms with Gasteiger partial charge in [-0.3, -0.25) is 4.99 Å². The standard InChI is InChI=1S/C17H31N7O3S/c1-18-17(19-8-9-28(25,26)20-10-13-4-3-5-13)21-14-6-7-16-22-15(12-27-2)23-24(16)11-14/h13-14,20H,3-12H2,1-2H3,(H2,18,19,21). The van der Waals surface area contributed by atoms with Gasteiger partial charge >= 0.3 is 0 Å². The van der Waals surface area contributed by atoms with Gasteiger partial charge in [0, 0.05) is 39.7 Å². The molecule has 0 aromatic carbocycles. The van der Waals surface area contributed by atoms with Gasteiger partial charge in [0.15, 0.2) is 11.8 Å². The first-order chi connectivity index (χ1) is 13.5. The molecule has 1 atom stereocenters. The molecule has 1 aromatic heterocycles. The van der Waals surface area contributed by atoms with Crippen LogP contribution in [0.25, 0.3) is 0 Å². The van der Waals surface area contributed by atoms with E-state index in [-0.39, 0.29) is 11.8 Å². The van der Waals surface area contributed by atoms with Gasteiger partial charge in [0.05, 0.1) is 12.3 Å². The van der Waals surface area contributed by atoms with Crippen LogP contribution < -0.4 is 15.4 Å². The number of aryl methyl sites for hydroxylation is 1. The monoisotopic (exact) mass is 413 g/mol. The van der Waals surface area contributed by atoms with Crippen LogP contribution in [0, 0.1) is 5.92 Å². The summed E-state index contributed by atoms with van der Waals surface area (Å²) in [4.78, 5) is 8.67. The maximum absolute atomic E-state index is 12.1. The predicted molar refractivity (Wildman–Crippen MR) is 106 cm³/mol. The molecule has 11 heteroatoms. The minimum Gasteiger partial charge on any atom is -0.377 e. The lowest BCUT2D eigenvalue weighted by atomic mass is 9.86. The normalized spacial score (nSPS) is 20.5. The van der Waals surface area contributed by atoms with Gasteiger partial charge in [-0.05, 0) is 25.2 Å². The highest BCUT2D eigenvalue weighted by Gasteiger charge is 2.23. The van der Waals surface area contributed by atoms with Crippen molar-refractivity contribution in [2.45, 2.75) is 51.3 Å². The number of ether oxygens (including phenoxy) is 1. The minimum atomic E-state index is -3.26. The molecule has 10 nitrogen and oxygen atoms in total. The van der Waals surface area contributed by atoms with Gasteiger partial charge in [0.1, 0.15) is 12.4 Å². The molecule has 3 rings (SSSR count). The van der Waals surface area contributed by atoms with Gasteiger partial charge < -0.3 is 15.4 Å². The van der Waals surface area contributed by atoms with Gasteiger partial charge in [-0.15, -0.1) is 0 Å². The van der Waals surface area contributed by atoms with Crippen molar-refractivity contribution in [3.05, 3.63) is 11.6 Å². The van der Waals surface area contributed by atoms with Gasteiger partial charge in [0.2, 0.25) is 10.0 Å². The molecular formula is C17H31N7O3S. The van der Waals surface area contributed by atoms with Gasteiger partial charge in [-0.1, -0.05) is 6.42 Å². The van der Waals surface area contributed by atoms with E-state index in [0.717, 1.165) is 31.5 Å². The molecule has 1 aliphatic carbocycles. The fourth-order valence-corrected chi connectivity index (χ4v) is 4.38. The molecule has 0 radical (unpaired) electrons. The number of aliphatic imine (C=N–C) groups is 1. The maximum Gasteiger partial charge on any atom is 0.213 e. The van der Waals surface area contributed by atoms with E-state index in [2.05, 4.69) is 30.4 Å². The van der Waals surface area contributed by atoms with E-state index in [0.29, 0.717) is 43.9 Å². The Morgan fingerprint density at radius 3 is 2.86 bits per heavy atom. The maximum atomic E-state index is 12.1. The summed E-state index contributed by atoms with van der Waals surface area (Å²) in [6.45, 7) is 1.96. The first kappa shape index (κ1) is 21.0. The van der Waals surface area contributed by atoms with Gasteiger partial charge in [0.25, 0.3) is 0 Å². The number of aromatic nitrogens is 3. The molecule has 1 saturated carbocycles. The molecule has 1 aliphatic heterocycles. The molecule has 3 N–H and O–H groups in total. The number of hydrogen-bond acceptors (Lipinski definition) is 6. The molecule has 1 aromatic rings. The first-order valence-electron chi connectivity index (χ1n) is 9.85. The van der Waals surface area contributed by atoms with Crippen molar-refractivity contribution in [1.82, 2.24) is 30.1 Å². The molecule has 1 fully saturated rings. The van der Waals surface area contributed by atoms with Gasteiger partial charge in [-0.25, -0.2) is 22.8 Å². The summed E-state index contributed by atoms with van der Waals surface area (Å²) in [7, 11) is 0.0457. The molecule has 1 unspecified atom stereocenters. The average molecular weight is 414 g/mol. The second-order valence-corrected chi connectivity index (χ2v) is 9.33. The van der Waals surface area contributed by atoms with Crippen LogP contribution in [0.5, 0.6) is 0 Å². The lowest BCUT2D eigenvalue weighted by molar-refractivity contribution is 0.177. The summed E-state index contributed by atoms with van der Waals surface area (Å²) in [5.74, 6) is 2.80. The highest BCUT2D eigenvalue weighted by atomic mass is 32.2. The zero-order valence-corrected chi connectivity index (χ0v) is 17.5. The highest BCUT2D eigenvalue weighted by molar-refractivity contribution is 7.89. The Hall–Kier alpha value is -1.72. The Morgan fingerprint density at radius 1 is 1.36 bits per heavy atom. The number of fused-ring (bicyclic) bond motifs is 1. The van der Waals surface area contributed by atoms with Crippen molar-refractivity contribution in [2.75, 3.05) is 33.0 Å². The van der Waals surface area contributed by atoms with Crippen molar-refractivity contribution in [2.24, 2.45) is 10.9 Å². The second kappa shape index (κ2) is 9.66. The zero-order chi connectivity index (χ0) is 20.0. The van der Waals surface area contributed by atoms with Crippen LogP contribution >= 0.6 is 0 Å². The Labute approximate surface area is 166 Å². The molecule has 2 aliphatic rings. The molecule has 158 valence electrons. The largest absolute Gasteiger partial charge is 0.377 e.